The minimum atomic E-state index is -3.23. The van der Waals surface area contributed by atoms with Crippen LogP contribution in [0, 0.1) is 6.92 Å². The predicted molar refractivity (Wildman–Crippen MR) is 75.2 cm³/mol. The second-order valence-electron chi connectivity index (χ2n) is 4.49. The van der Waals surface area contributed by atoms with Crippen molar-refractivity contribution in [1.82, 2.24) is 10.2 Å². The van der Waals surface area contributed by atoms with Gasteiger partial charge >= 0.3 is 0 Å². The van der Waals surface area contributed by atoms with E-state index in [9.17, 15) is 13.6 Å². The number of hydrogen-bond donors (Lipinski definition) is 1. The molecule has 0 aliphatic rings. The molecular formula is C14H20F2N2O3. The van der Waals surface area contributed by atoms with Gasteiger partial charge in [-0.25, -0.2) is 13.9 Å². The monoisotopic (exact) mass is 302 g/mol. The second kappa shape index (κ2) is 7.15. The highest BCUT2D eigenvalue weighted by Crippen LogP contribution is 2.27. The van der Waals surface area contributed by atoms with Gasteiger partial charge in [0.15, 0.2) is 0 Å². The van der Waals surface area contributed by atoms with Crippen LogP contribution in [0.1, 0.15) is 31.6 Å². The summed E-state index contributed by atoms with van der Waals surface area (Å²) in [4.78, 5) is 11.5. The molecule has 7 heteroatoms. The van der Waals surface area contributed by atoms with Gasteiger partial charge in [0.25, 0.3) is 11.5 Å². The number of alkyl halides is 2. The van der Waals surface area contributed by atoms with Crippen molar-refractivity contribution in [3.8, 4) is 0 Å². The molecule has 5 nitrogen and oxygen atoms in total. The molecule has 0 aromatic carbocycles. The van der Waals surface area contributed by atoms with E-state index in [-0.39, 0.29) is 19.3 Å². The molecule has 0 unspecified atom stereocenters. The summed E-state index contributed by atoms with van der Waals surface area (Å²) in [5, 5.41) is 5.82. The van der Waals surface area contributed by atoms with Crippen molar-refractivity contribution in [3.63, 3.8) is 0 Å². The van der Waals surface area contributed by atoms with Crippen LogP contribution < -0.4 is 5.56 Å². The molecule has 0 saturated carbocycles. The van der Waals surface area contributed by atoms with Crippen molar-refractivity contribution < 1.29 is 19.7 Å². The Morgan fingerprint density at radius 2 is 2.24 bits per heavy atom. The molecule has 21 heavy (non-hydrogen) atoms. The third-order valence-corrected chi connectivity index (χ3v) is 2.92. The number of aromatic nitrogens is 2. The first-order valence-electron chi connectivity index (χ1n) is 6.28. The van der Waals surface area contributed by atoms with Gasteiger partial charge in [-0.2, -0.15) is 5.10 Å². The van der Waals surface area contributed by atoms with E-state index in [0.717, 1.165) is 0 Å². The Balaban J connectivity index is 0.00000441. The van der Waals surface area contributed by atoms with Gasteiger partial charge in [-0.1, -0.05) is 12.3 Å². The van der Waals surface area contributed by atoms with Gasteiger partial charge in [-0.15, -0.1) is 0 Å². The van der Waals surface area contributed by atoms with E-state index in [1.165, 1.54) is 14.0 Å². The average Bonchev–Trinajstić information content (AvgIpc) is 2.39. The highest BCUT2D eigenvalue weighted by molar-refractivity contribution is 5.29. The summed E-state index contributed by atoms with van der Waals surface area (Å²) in [5.41, 5.74) is 1.54. The Morgan fingerprint density at radius 1 is 1.57 bits per heavy atom. The Hall–Kier alpha value is -1.98. The van der Waals surface area contributed by atoms with Crippen molar-refractivity contribution in [2.75, 3.05) is 13.7 Å². The molecule has 0 spiro atoms. The molecule has 0 aliphatic carbocycles. The fourth-order valence-corrected chi connectivity index (χ4v) is 1.84. The van der Waals surface area contributed by atoms with Gasteiger partial charge in [0.05, 0.1) is 31.6 Å². The van der Waals surface area contributed by atoms with Crippen molar-refractivity contribution >= 4 is 0 Å². The number of hydrogen-bond acceptors (Lipinski definition) is 4. The van der Waals surface area contributed by atoms with Gasteiger partial charge in [-0.3, -0.25) is 4.79 Å². The van der Waals surface area contributed by atoms with Crippen LogP contribution in [-0.2, 0) is 22.0 Å². The van der Waals surface area contributed by atoms with E-state index in [1.807, 2.05) is 0 Å². The van der Waals surface area contributed by atoms with E-state index in [2.05, 4.69) is 22.5 Å². The van der Waals surface area contributed by atoms with Crippen LogP contribution >= 0.6 is 0 Å². The van der Waals surface area contributed by atoms with Crippen molar-refractivity contribution in [2.24, 2.45) is 0 Å². The minimum absolute atomic E-state index is 0. The number of halogens is 2. The van der Waals surface area contributed by atoms with E-state index < -0.39 is 17.0 Å². The number of rotatable bonds is 7. The topological polar surface area (TPSA) is 64.2 Å². The number of ether oxygens (including phenoxy) is 2. The van der Waals surface area contributed by atoms with E-state index in [4.69, 9.17) is 9.47 Å². The van der Waals surface area contributed by atoms with Crippen molar-refractivity contribution in [2.45, 2.75) is 32.8 Å². The van der Waals surface area contributed by atoms with Crippen LogP contribution in [0.15, 0.2) is 22.9 Å². The van der Waals surface area contributed by atoms with Crippen molar-refractivity contribution in [3.05, 3.63) is 45.2 Å². The first kappa shape index (κ1) is 17.1. The highest BCUT2D eigenvalue weighted by Gasteiger charge is 2.31. The van der Waals surface area contributed by atoms with E-state index >= 15 is 0 Å². The van der Waals surface area contributed by atoms with E-state index in [0.29, 0.717) is 25.7 Å². The maximum atomic E-state index is 13.4. The van der Waals surface area contributed by atoms with Crippen LogP contribution in [0.2, 0.25) is 0 Å². The lowest BCUT2D eigenvalue weighted by Crippen LogP contribution is -2.26. The van der Waals surface area contributed by atoms with E-state index in [1.54, 1.807) is 0 Å². The number of methoxy groups -OCH3 is 1. The second-order valence-corrected chi connectivity index (χ2v) is 4.49. The normalized spacial score (nSPS) is 11.1. The Kier molecular flexibility index (Phi) is 5.81. The summed E-state index contributed by atoms with van der Waals surface area (Å²) in [5.74, 6) is -2.69. The summed E-state index contributed by atoms with van der Waals surface area (Å²) in [6.07, 6.45) is 0.458. The molecule has 0 saturated heterocycles. The van der Waals surface area contributed by atoms with Gasteiger partial charge in [0, 0.05) is 14.8 Å². The molecule has 0 bridgehead atoms. The third-order valence-electron chi connectivity index (χ3n) is 2.92. The maximum absolute atomic E-state index is 13.4. The van der Waals surface area contributed by atoms with Crippen LogP contribution in [0.3, 0.4) is 0 Å². The summed E-state index contributed by atoms with van der Waals surface area (Å²) in [6.45, 7) is 5.87. The highest BCUT2D eigenvalue weighted by atomic mass is 19.3. The zero-order valence-electron chi connectivity index (χ0n) is 12.3. The largest absolute Gasteiger partial charge is 0.493 e. The molecule has 1 heterocycles. The van der Waals surface area contributed by atoms with Crippen LogP contribution in [0.4, 0.5) is 8.78 Å². The molecule has 1 N–H and O–H groups in total. The van der Waals surface area contributed by atoms with Crippen LogP contribution in [0.25, 0.3) is 0 Å². The summed E-state index contributed by atoms with van der Waals surface area (Å²) in [6, 6.07) is 0. The standard InChI is InChI=1S/C14H18F2N2O3.H2/c1-5-10(20-4)6-7-21-8-11-9(2)12(14(3,15)16)13(19)18-17-11;/h1,6-8H2,2-4H3,(H,18,19);1H. The number of aromatic amines is 1. The first-order valence-corrected chi connectivity index (χ1v) is 6.28. The lowest BCUT2D eigenvalue weighted by Gasteiger charge is -2.14. The Bertz CT molecular complexity index is 605. The van der Waals surface area contributed by atoms with Crippen LogP contribution in [0.5, 0.6) is 0 Å². The molecule has 118 valence electrons. The quantitative estimate of drug-likeness (QED) is 0.478. The first-order chi connectivity index (χ1) is 9.81. The molecule has 1 rings (SSSR count). The lowest BCUT2D eigenvalue weighted by molar-refractivity contribution is 0.0146. The molecule has 0 atom stereocenters. The molecule has 0 radical (unpaired) electrons. The summed E-state index contributed by atoms with van der Waals surface area (Å²) < 4.78 is 37.1. The average molecular weight is 302 g/mol. The SMILES string of the molecule is C=C=C(CCOCc1n[nH]c(=O)c(C(C)(F)F)c1C)OC.[HH]. The van der Waals surface area contributed by atoms with Gasteiger partial charge in [0.2, 0.25) is 0 Å². The molecule has 0 aliphatic heterocycles. The fourth-order valence-electron chi connectivity index (χ4n) is 1.84. The van der Waals surface area contributed by atoms with Crippen molar-refractivity contribution in [1.29, 1.82) is 0 Å². The Morgan fingerprint density at radius 3 is 2.76 bits per heavy atom. The third kappa shape index (κ3) is 4.51. The molecular weight excluding hydrogens is 282 g/mol. The number of nitrogens with zero attached hydrogens (tertiary/aromatic N) is 1. The lowest BCUT2D eigenvalue weighted by atomic mass is 10.0. The zero-order chi connectivity index (χ0) is 16.0. The summed E-state index contributed by atoms with van der Waals surface area (Å²) >= 11 is 0. The zero-order valence-corrected chi connectivity index (χ0v) is 12.3. The van der Waals surface area contributed by atoms with Crippen LogP contribution in [-0.4, -0.2) is 23.9 Å². The molecule has 0 amide bonds. The molecule has 1 aromatic heterocycles. The minimum Gasteiger partial charge on any atom is -0.493 e. The number of nitrogens with one attached hydrogen (secondary N) is 1. The molecule has 1 aromatic rings. The number of H-pyrrole nitrogens is 1. The maximum Gasteiger partial charge on any atom is 0.276 e. The van der Waals surface area contributed by atoms with Gasteiger partial charge < -0.3 is 9.47 Å². The summed E-state index contributed by atoms with van der Waals surface area (Å²) in [7, 11) is 1.50. The fraction of sp³-hybridized carbons (Fsp3) is 0.500. The Labute approximate surface area is 122 Å². The smallest absolute Gasteiger partial charge is 0.276 e. The van der Waals surface area contributed by atoms with Gasteiger partial charge in [-0.05, 0) is 12.5 Å². The predicted octanol–water partition coefficient (Wildman–Crippen LogP) is 2.66. The molecule has 0 fully saturated rings. The van der Waals surface area contributed by atoms with Gasteiger partial charge in [0.1, 0.15) is 5.76 Å².